The van der Waals surface area contributed by atoms with Crippen LogP contribution in [0, 0.1) is 0 Å². The fourth-order valence-corrected chi connectivity index (χ4v) is 2.60. The number of ether oxygens (including phenoxy) is 5. The van der Waals surface area contributed by atoms with Gasteiger partial charge in [0.1, 0.15) is 17.2 Å². The molecule has 0 heterocycles. The number of carbonyl (C=O) groups excluding carboxylic acids is 5. The molecule has 38 heavy (non-hydrogen) atoms. The van der Waals surface area contributed by atoms with Crippen LogP contribution in [0.25, 0.3) is 11.1 Å². The smallest absolute Gasteiger partial charge is 0.450 e. The lowest BCUT2D eigenvalue weighted by atomic mass is 10.0. The summed E-state index contributed by atoms with van der Waals surface area (Å²) in [7, 11) is 0. The van der Waals surface area contributed by atoms with E-state index in [1.54, 1.807) is 12.1 Å². The van der Waals surface area contributed by atoms with Crippen molar-refractivity contribution < 1.29 is 47.7 Å². The molecule has 2 rings (SSSR count). The summed E-state index contributed by atoms with van der Waals surface area (Å²) >= 11 is 0. The third kappa shape index (κ3) is 8.90. The quantitative estimate of drug-likeness (QED) is 0.186. The molecule has 0 unspecified atom stereocenters. The van der Waals surface area contributed by atoms with Gasteiger partial charge in [0.05, 0.1) is 5.57 Å². The van der Waals surface area contributed by atoms with Crippen LogP contribution in [0.1, 0.15) is 20.8 Å². The summed E-state index contributed by atoms with van der Waals surface area (Å²) in [5.74, 6) is -3.34. The third-order valence-corrected chi connectivity index (χ3v) is 4.49. The van der Waals surface area contributed by atoms with Crippen molar-refractivity contribution in [3.63, 3.8) is 0 Å². The predicted octanol–water partition coefficient (Wildman–Crippen LogP) is 3.86. The second-order valence-electron chi connectivity index (χ2n) is 8.03. The van der Waals surface area contributed by atoms with Gasteiger partial charge in [-0.1, -0.05) is 31.9 Å². The highest BCUT2D eigenvalue weighted by Crippen LogP contribution is 2.34. The Morgan fingerprint density at radius 2 is 1.24 bits per heavy atom. The van der Waals surface area contributed by atoms with Gasteiger partial charge in [0.15, 0.2) is 6.61 Å². The number of benzene rings is 2. The molecule has 0 atom stereocenters. The molecule has 2 aromatic rings. The first-order valence-electron chi connectivity index (χ1n) is 11.1. The molecule has 0 fully saturated rings. The molecule has 198 valence electrons. The van der Waals surface area contributed by atoms with Crippen molar-refractivity contribution in [2.75, 3.05) is 13.2 Å². The Hall–Kier alpha value is -4.99. The molecule has 0 spiro atoms. The van der Waals surface area contributed by atoms with Crippen LogP contribution in [-0.2, 0) is 28.7 Å². The summed E-state index contributed by atoms with van der Waals surface area (Å²) in [5.41, 5.74) is 1.55. The van der Waals surface area contributed by atoms with E-state index in [0.29, 0.717) is 11.1 Å². The molecule has 1 N–H and O–H groups in total. The van der Waals surface area contributed by atoms with Gasteiger partial charge in [-0.05, 0) is 50.6 Å². The van der Waals surface area contributed by atoms with Crippen LogP contribution in [0.4, 0.5) is 0 Å². The highest BCUT2D eigenvalue weighted by atomic mass is 16.6. The second kappa shape index (κ2) is 13.4. The number of esters is 5. The molecule has 0 aliphatic rings. The zero-order chi connectivity index (χ0) is 28.4. The highest BCUT2D eigenvalue weighted by Gasteiger charge is 2.20. The lowest BCUT2D eigenvalue weighted by molar-refractivity contribution is -0.150. The Morgan fingerprint density at radius 1 is 0.684 bits per heavy atom. The maximum absolute atomic E-state index is 12.4. The Bertz CT molecular complexity index is 1300. The van der Waals surface area contributed by atoms with Gasteiger partial charge in [0, 0.05) is 22.8 Å². The molecule has 0 aliphatic heterocycles. The van der Waals surface area contributed by atoms with E-state index in [4.69, 9.17) is 23.7 Å². The molecule has 10 nitrogen and oxygen atoms in total. The van der Waals surface area contributed by atoms with Gasteiger partial charge in [-0.25, -0.2) is 19.2 Å². The molecule has 0 amide bonds. The van der Waals surface area contributed by atoms with Gasteiger partial charge < -0.3 is 28.5 Å². The van der Waals surface area contributed by atoms with Gasteiger partial charge >= 0.3 is 29.8 Å². The Labute approximate surface area is 219 Å². The largest absolute Gasteiger partial charge is 0.513 e. The number of hydrogen-bond acceptors (Lipinski definition) is 9. The van der Waals surface area contributed by atoms with E-state index in [0.717, 1.165) is 0 Å². The summed E-state index contributed by atoms with van der Waals surface area (Å²) < 4.78 is 25.5. The number of hydrogen-bond donors (Lipinski definition) is 0. The first-order valence-corrected chi connectivity index (χ1v) is 11.1. The number of rotatable bonds is 11. The number of carbonyl (C=O) groups is 4. The van der Waals surface area contributed by atoms with Crippen molar-refractivity contribution in [1.29, 1.82) is 0 Å². The van der Waals surface area contributed by atoms with Crippen molar-refractivity contribution in [3.8, 4) is 28.4 Å². The van der Waals surface area contributed by atoms with Gasteiger partial charge in [0.2, 0.25) is 0 Å². The molecule has 0 aliphatic carbocycles. The van der Waals surface area contributed by atoms with Crippen molar-refractivity contribution in [1.82, 2.24) is 0 Å². The molecule has 0 saturated heterocycles. The lowest BCUT2D eigenvalue weighted by Gasteiger charge is -2.13. The van der Waals surface area contributed by atoms with Crippen molar-refractivity contribution in [2.45, 2.75) is 20.8 Å². The van der Waals surface area contributed by atoms with Crippen LogP contribution in [0.2, 0.25) is 0 Å². The summed E-state index contributed by atoms with van der Waals surface area (Å²) in [5, 5.41) is 0. The molecular weight excluding hydrogens is 496 g/mol. The van der Waals surface area contributed by atoms with Gasteiger partial charge in [-0.3, -0.25) is 0 Å². The lowest BCUT2D eigenvalue weighted by Crippen LogP contribution is -2.20. The molecule has 0 radical (unpaired) electrons. The zero-order valence-corrected chi connectivity index (χ0v) is 21.2. The van der Waals surface area contributed by atoms with Crippen LogP contribution in [0.5, 0.6) is 17.2 Å². The highest BCUT2D eigenvalue weighted by molar-refractivity contribution is 5.91. The first kappa shape index (κ1) is 29.2. The SMILES string of the molecule is C=C(C)C(=O)OCC(=O)Oc1ccc(-c2ccc(OC(=O)C(=C)C)cc2)c(OC(=O)COC(=[OH+])C(=C)C)c1. The van der Waals surface area contributed by atoms with Crippen LogP contribution >= 0.6 is 0 Å². The van der Waals surface area contributed by atoms with E-state index in [1.807, 2.05) is 0 Å². The van der Waals surface area contributed by atoms with E-state index in [-0.39, 0.29) is 34.0 Å². The van der Waals surface area contributed by atoms with Crippen LogP contribution in [0.15, 0.2) is 78.9 Å². The van der Waals surface area contributed by atoms with Crippen LogP contribution in [-0.4, -0.2) is 47.9 Å². The Balaban J connectivity index is 2.28. The normalized spacial score (nSPS) is 9.97. The molecule has 0 bridgehead atoms. The summed E-state index contributed by atoms with van der Waals surface area (Å²) in [6, 6.07) is 10.6. The van der Waals surface area contributed by atoms with Gasteiger partial charge in [-0.2, -0.15) is 0 Å². The molecule has 10 heteroatoms. The predicted molar refractivity (Wildman–Crippen MR) is 137 cm³/mol. The zero-order valence-electron chi connectivity index (χ0n) is 21.2. The van der Waals surface area contributed by atoms with Gasteiger partial charge in [0.25, 0.3) is 6.61 Å². The summed E-state index contributed by atoms with van der Waals surface area (Å²) in [6.45, 7) is 13.6. The van der Waals surface area contributed by atoms with Crippen LogP contribution < -0.4 is 14.2 Å². The topological polar surface area (TPSA) is 136 Å². The summed E-state index contributed by atoms with van der Waals surface area (Å²) in [4.78, 5) is 57.3. The Morgan fingerprint density at radius 3 is 1.82 bits per heavy atom. The van der Waals surface area contributed by atoms with Gasteiger partial charge in [-0.15, -0.1) is 0 Å². The van der Waals surface area contributed by atoms with E-state index in [1.165, 1.54) is 51.1 Å². The summed E-state index contributed by atoms with van der Waals surface area (Å²) in [6.07, 6.45) is 0. The monoisotopic (exact) mass is 523 g/mol. The minimum absolute atomic E-state index is 0.00260. The third-order valence-electron chi connectivity index (χ3n) is 4.49. The first-order chi connectivity index (χ1) is 17.9. The van der Waals surface area contributed by atoms with E-state index in [9.17, 15) is 24.0 Å². The van der Waals surface area contributed by atoms with Crippen molar-refractivity contribution in [2.24, 2.45) is 0 Å². The molecule has 0 aromatic heterocycles. The minimum atomic E-state index is -0.877. The second-order valence-corrected chi connectivity index (χ2v) is 8.03. The maximum Gasteiger partial charge on any atom is 0.513 e. The van der Waals surface area contributed by atoms with E-state index < -0.39 is 43.1 Å². The molecular formula is C28H27O10+. The Kier molecular flexibility index (Phi) is 10.3. The fraction of sp³-hybridized carbons (Fsp3) is 0.179. The average Bonchev–Trinajstić information content (AvgIpc) is 2.86. The molecule has 2 aromatic carbocycles. The van der Waals surface area contributed by atoms with Crippen LogP contribution in [0.3, 0.4) is 0 Å². The maximum atomic E-state index is 12.4. The van der Waals surface area contributed by atoms with E-state index >= 15 is 0 Å². The average molecular weight is 524 g/mol. The van der Waals surface area contributed by atoms with E-state index in [2.05, 4.69) is 19.7 Å². The minimum Gasteiger partial charge on any atom is -0.450 e. The van der Waals surface area contributed by atoms with Crippen molar-refractivity contribution >= 4 is 29.8 Å². The fourth-order valence-electron chi connectivity index (χ4n) is 2.60. The van der Waals surface area contributed by atoms with Crippen molar-refractivity contribution in [3.05, 3.63) is 78.9 Å². The molecule has 0 saturated carbocycles. The standard InChI is InChI=1S/C28H26O10/c1-16(2)26(31)34-14-24(29)36-21-11-12-22(19-7-9-20(10-8-19)37-28(33)18(5)6)23(13-21)38-25(30)15-35-27(32)17(3)4/h7-13H,1,3,5,14-15H2,2,4,6H3/p+1.